The van der Waals surface area contributed by atoms with Crippen LogP contribution in [-0.2, 0) is 4.79 Å². The highest BCUT2D eigenvalue weighted by atomic mass is 16.2. The van der Waals surface area contributed by atoms with Crippen LogP contribution in [0.5, 0.6) is 0 Å². The Kier molecular flexibility index (Phi) is 3.00. The molecule has 1 aromatic rings. The summed E-state index contributed by atoms with van der Waals surface area (Å²) in [6.45, 7) is 1.65. The molecule has 1 aromatic heterocycles. The lowest BCUT2D eigenvalue weighted by molar-refractivity contribution is -0.138. The number of likely N-dealkylation sites (tertiary alicyclic amines) is 1. The molecule has 7 nitrogen and oxygen atoms in total. The van der Waals surface area contributed by atoms with Crippen LogP contribution in [0, 0.1) is 5.41 Å². The first-order chi connectivity index (χ1) is 9.12. The van der Waals surface area contributed by atoms with Crippen LogP contribution < -0.4 is 0 Å². The molecule has 19 heavy (non-hydrogen) atoms. The van der Waals surface area contributed by atoms with Crippen LogP contribution >= 0.6 is 0 Å². The van der Waals surface area contributed by atoms with Crippen LogP contribution in [0.1, 0.15) is 37.5 Å². The van der Waals surface area contributed by atoms with Gasteiger partial charge < -0.3 is 9.80 Å². The van der Waals surface area contributed by atoms with E-state index in [1.54, 1.807) is 0 Å². The summed E-state index contributed by atoms with van der Waals surface area (Å²) in [6.07, 6.45) is 3.95. The van der Waals surface area contributed by atoms with Crippen LogP contribution in [0.4, 0.5) is 0 Å². The molecular weight excluding hydrogens is 244 g/mol. The van der Waals surface area contributed by atoms with Crippen LogP contribution in [-0.4, -0.2) is 63.5 Å². The summed E-state index contributed by atoms with van der Waals surface area (Å²) >= 11 is 0. The number of amides is 1. The first-order valence-electron chi connectivity index (χ1n) is 6.81. The molecule has 0 aromatic carbocycles. The number of aromatic nitrogens is 4. The third-order valence-electron chi connectivity index (χ3n) is 4.10. The first kappa shape index (κ1) is 12.5. The van der Waals surface area contributed by atoms with Gasteiger partial charge in [-0.2, -0.15) is 5.21 Å². The number of carbonyl (C=O) groups is 1. The van der Waals surface area contributed by atoms with Crippen molar-refractivity contribution in [2.45, 2.75) is 31.7 Å². The molecule has 1 saturated heterocycles. The molecule has 1 aliphatic heterocycles. The molecule has 0 radical (unpaired) electrons. The Hall–Kier alpha value is -1.50. The van der Waals surface area contributed by atoms with E-state index in [1.165, 1.54) is 0 Å². The van der Waals surface area contributed by atoms with E-state index < -0.39 is 0 Å². The minimum absolute atomic E-state index is 0.00545. The maximum absolute atomic E-state index is 12.8. The Morgan fingerprint density at radius 1 is 1.53 bits per heavy atom. The van der Waals surface area contributed by atoms with Gasteiger partial charge in [0.1, 0.15) is 0 Å². The summed E-state index contributed by atoms with van der Waals surface area (Å²) in [4.78, 5) is 16.8. The molecule has 3 rings (SSSR count). The van der Waals surface area contributed by atoms with Crippen molar-refractivity contribution in [3.05, 3.63) is 5.82 Å². The highest BCUT2D eigenvalue weighted by Crippen LogP contribution is 2.49. The maximum Gasteiger partial charge on any atom is 0.230 e. The normalized spacial score (nSPS) is 25.0. The van der Waals surface area contributed by atoms with Crippen molar-refractivity contribution in [1.29, 1.82) is 0 Å². The number of rotatable bonds is 4. The summed E-state index contributed by atoms with van der Waals surface area (Å²) in [7, 11) is 4.04. The third kappa shape index (κ3) is 2.22. The van der Waals surface area contributed by atoms with E-state index >= 15 is 0 Å². The lowest BCUT2D eigenvalue weighted by Gasteiger charge is -2.28. The molecule has 1 atom stereocenters. The number of H-pyrrole nitrogens is 1. The second-order valence-electron chi connectivity index (χ2n) is 5.94. The Labute approximate surface area is 112 Å². The summed E-state index contributed by atoms with van der Waals surface area (Å²) < 4.78 is 0. The third-order valence-corrected chi connectivity index (χ3v) is 4.10. The van der Waals surface area contributed by atoms with Gasteiger partial charge in [-0.3, -0.25) is 4.79 Å². The Balaban J connectivity index is 1.76. The van der Waals surface area contributed by atoms with Crippen LogP contribution in [0.25, 0.3) is 0 Å². The maximum atomic E-state index is 12.8. The van der Waals surface area contributed by atoms with E-state index in [2.05, 4.69) is 25.5 Å². The average Bonchev–Trinajstić information content (AvgIpc) is 2.86. The molecule has 0 bridgehead atoms. The topological polar surface area (TPSA) is 78.0 Å². The van der Waals surface area contributed by atoms with Crippen LogP contribution in [0.15, 0.2) is 0 Å². The lowest BCUT2D eigenvalue weighted by atomic mass is 10.0. The molecule has 1 unspecified atom stereocenters. The van der Waals surface area contributed by atoms with E-state index in [1.807, 2.05) is 19.0 Å². The van der Waals surface area contributed by atoms with Crippen molar-refractivity contribution in [3.8, 4) is 0 Å². The quantitative estimate of drug-likeness (QED) is 0.841. The van der Waals surface area contributed by atoms with Gasteiger partial charge in [0.2, 0.25) is 5.91 Å². The van der Waals surface area contributed by atoms with Gasteiger partial charge in [0.25, 0.3) is 0 Å². The number of carbonyl (C=O) groups excluding carboxylic acids is 1. The van der Waals surface area contributed by atoms with Crippen molar-refractivity contribution in [1.82, 2.24) is 30.4 Å². The van der Waals surface area contributed by atoms with E-state index in [0.717, 1.165) is 38.8 Å². The second kappa shape index (κ2) is 4.56. The predicted molar refractivity (Wildman–Crippen MR) is 68.1 cm³/mol. The van der Waals surface area contributed by atoms with Gasteiger partial charge in [0.15, 0.2) is 5.82 Å². The molecule has 2 fully saturated rings. The van der Waals surface area contributed by atoms with E-state index in [-0.39, 0.29) is 17.4 Å². The van der Waals surface area contributed by atoms with Crippen molar-refractivity contribution in [2.75, 3.05) is 27.2 Å². The number of tetrazole rings is 1. The Bertz CT molecular complexity index is 453. The molecule has 1 N–H and O–H groups in total. The molecule has 2 aliphatic rings. The van der Waals surface area contributed by atoms with Crippen molar-refractivity contribution in [2.24, 2.45) is 5.41 Å². The van der Waals surface area contributed by atoms with Gasteiger partial charge >= 0.3 is 0 Å². The van der Waals surface area contributed by atoms with E-state index in [9.17, 15) is 4.79 Å². The van der Waals surface area contributed by atoms with Crippen LogP contribution in [0.2, 0.25) is 0 Å². The molecule has 1 saturated carbocycles. The molecule has 1 aliphatic carbocycles. The Morgan fingerprint density at radius 3 is 2.89 bits per heavy atom. The van der Waals surface area contributed by atoms with Gasteiger partial charge in [-0.25, -0.2) is 0 Å². The van der Waals surface area contributed by atoms with Gasteiger partial charge in [-0.1, -0.05) is 5.21 Å². The number of nitrogens with one attached hydrogen (secondary N) is 1. The standard InChI is InChI=1S/C12H20N6O/c1-17(2)8-12(5-6-12)11(19)18-7-3-4-9(18)10-13-15-16-14-10/h9H,3-8H2,1-2H3,(H,13,14,15,16). The average molecular weight is 264 g/mol. The fraction of sp³-hybridized carbons (Fsp3) is 0.833. The van der Waals surface area contributed by atoms with E-state index in [4.69, 9.17) is 0 Å². The number of hydrogen-bond acceptors (Lipinski definition) is 5. The summed E-state index contributed by atoms with van der Waals surface area (Å²) in [6, 6.07) is 0.00545. The highest BCUT2D eigenvalue weighted by molar-refractivity contribution is 5.86. The zero-order valence-electron chi connectivity index (χ0n) is 11.5. The van der Waals surface area contributed by atoms with Gasteiger partial charge in [0, 0.05) is 13.1 Å². The summed E-state index contributed by atoms with van der Waals surface area (Å²) in [5.74, 6) is 0.917. The molecule has 104 valence electrons. The zero-order chi connectivity index (χ0) is 13.5. The molecule has 2 heterocycles. The lowest BCUT2D eigenvalue weighted by Crippen LogP contribution is -2.41. The highest BCUT2D eigenvalue weighted by Gasteiger charge is 2.53. The molecular formula is C12H20N6O. The monoisotopic (exact) mass is 264 g/mol. The summed E-state index contributed by atoms with van der Waals surface area (Å²) in [5, 5.41) is 14.2. The first-order valence-corrected chi connectivity index (χ1v) is 6.81. The molecule has 1 amide bonds. The second-order valence-corrected chi connectivity index (χ2v) is 5.94. The van der Waals surface area contributed by atoms with E-state index in [0.29, 0.717) is 5.82 Å². The molecule has 7 heteroatoms. The van der Waals surface area contributed by atoms with Crippen molar-refractivity contribution >= 4 is 5.91 Å². The van der Waals surface area contributed by atoms with Crippen molar-refractivity contribution < 1.29 is 4.79 Å². The van der Waals surface area contributed by atoms with Gasteiger partial charge in [0.05, 0.1) is 11.5 Å². The fourth-order valence-corrected chi connectivity index (χ4v) is 3.09. The Morgan fingerprint density at radius 2 is 2.32 bits per heavy atom. The van der Waals surface area contributed by atoms with Crippen molar-refractivity contribution in [3.63, 3.8) is 0 Å². The number of hydrogen-bond donors (Lipinski definition) is 1. The number of aromatic amines is 1. The van der Waals surface area contributed by atoms with Crippen LogP contribution in [0.3, 0.4) is 0 Å². The molecule has 0 spiro atoms. The van der Waals surface area contributed by atoms with Gasteiger partial charge in [-0.05, 0) is 39.8 Å². The minimum atomic E-state index is -0.157. The number of nitrogens with zero attached hydrogens (tertiary/aromatic N) is 5. The smallest absolute Gasteiger partial charge is 0.230 e. The summed E-state index contributed by atoms with van der Waals surface area (Å²) in [5.41, 5.74) is -0.157. The minimum Gasteiger partial charge on any atom is -0.332 e. The largest absolute Gasteiger partial charge is 0.332 e. The fourth-order valence-electron chi connectivity index (χ4n) is 3.09. The zero-order valence-corrected chi connectivity index (χ0v) is 11.5. The SMILES string of the molecule is CN(C)CC1(C(=O)N2CCCC2c2nn[nH]n2)CC1. The predicted octanol–water partition coefficient (Wildman–Crippen LogP) is 0.205. The van der Waals surface area contributed by atoms with Gasteiger partial charge in [-0.15, -0.1) is 10.2 Å².